The van der Waals surface area contributed by atoms with Gasteiger partial charge >= 0.3 is 6.03 Å². The highest BCUT2D eigenvalue weighted by Crippen LogP contribution is 2.29. The lowest BCUT2D eigenvalue weighted by atomic mass is 9.79. The van der Waals surface area contributed by atoms with Gasteiger partial charge in [-0.1, -0.05) is 44.2 Å². The van der Waals surface area contributed by atoms with Crippen LogP contribution in [-0.2, 0) is 5.41 Å². The topological polar surface area (TPSA) is 52.6 Å². The highest BCUT2D eigenvalue weighted by atomic mass is 16.3. The first-order chi connectivity index (χ1) is 10.4. The standard InChI is InChI=1S/C18H28N2O2/c1-14(13-18(2,3)15-7-5-4-6-8-15)19-17(22)20(11-12-21)16-9-10-16/h4-8,14,16,21H,9-13H2,1-3H3,(H,19,22). The van der Waals surface area contributed by atoms with Crippen molar-refractivity contribution < 1.29 is 9.90 Å². The molecule has 0 bridgehead atoms. The van der Waals surface area contributed by atoms with E-state index in [0.717, 1.165) is 19.3 Å². The normalized spacial score (nSPS) is 16.2. The van der Waals surface area contributed by atoms with Crippen molar-refractivity contribution in [1.29, 1.82) is 0 Å². The number of aliphatic hydroxyl groups excluding tert-OH is 1. The number of carbonyl (C=O) groups is 1. The molecular weight excluding hydrogens is 276 g/mol. The van der Waals surface area contributed by atoms with Crippen LogP contribution in [0.4, 0.5) is 4.79 Å². The van der Waals surface area contributed by atoms with E-state index in [9.17, 15) is 4.79 Å². The third-order valence-corrected chi connectivity index (χ3v) is 4.33. The van der Waals surface area contributed by atoms with Crippen LogP contribution in [-0.4, -0.2) is 41.3 Å². The predicted molar refractivity (Wildman–Crippen MR) is 88.9 cm³/mol. The minimum absolute atomic E-state index is 0.00927. The zero-order valence-electron chi connectivity index (χ0n) is 13.9. The smallest absolute Gasteiger partial charge is 0.317 e. The van der Waals surface area contributed by atoms with Crippen LogP contribution in [0.1, 0.15) is 45.6 Å². The average Bonchev–Trinajstić information content (AvgIpc) is 3.29. The molecule has 4 heteroatoms. The van der Waals surface area contributed by atoms with E-state index in [1.165, 1.54) is 5.56 Å². The van der Waals surface area contributed by atoms with Crippen LogP contribution in [0.25, 0.3) is 0 Å². The second-order valence-corrected chi connectivity index (χ2v) is 6.95. The van der Waals surface area contributed by atoms with Gasteiger partial charge in [0.2, 0.25) is 0 Å². The number of urea groups is 1. The Morgan fingerprint density at radius 1 is 1.36 bits per heavy atom. The summed E-state index contributed by atoms with van der Waals surface area (Å²) in [5, 5.41) is 12.2. The van der Waals surface area contributed by atoms with Crippen molar-refractivity contribution in [2.45, 2.75) is 57.5 Å². The minimum atomic E-state index is -0.0482. The molecule has 1 aromatic rings. The lowest BCUT2D eigenvalue weighted by Crippen LogP contribution is -2.47. The molecule has 1 aliphatic rings. The predicted octanol–water partition coefficient (Wildman–Crippen LogP) is 2.91. The van der Waals surface area contributed by atoms with Gasteiger partial charge in [-0.25, -0.2) is 4.79 Å². The molecule has 0 aromatic heterocycles. The van der Waals surface area contributed by atoms with Crippen LogP contribution in [0.5, 0.6) is 0 Å². The van der Waals surface area contributed by atoms with Crippen molar-refractivity contribution >= 4 is 6.03 Å². The first-order valence-electron chi connectivity index (χ1n) is 8.17. The van der Waals surface area contributed by atoms with Gasteiger partial charge < -0.3 is 15.3 Å². The second-order valence-electron chi connectivity index (χ2n) is 6.95. The van der Waals surface area contributed by atoms with E-state index < -0.39 is 0 Å². The number of nitrogens with zero attached hydrogens (tertiary/aromatic N) is 1. The third-order valence-electron chi connectivity index (χ3n) is 4.33. The molecule has 1 saturated carbocycles. The maximum Gasteiger partial charge on any atom is 0.317 e. The zero-order chi connectivity index (χ0) is 16.2. The first kappa shape index (κ1) is 16.8. The van der Waals surface area contributed by atoms with Crippen LogP contribution in [0, 0.1) is 0 Å². The Morgan fingerprint density at radius 2 is 2.00 bits per heavy atom. The van der Waals surface area contributed by atoms with Gasteiger partial charge in [-0.2, -0.15) is 0 Å². The summed E-state index contributed by atoms with van der Waals surface area (Å²) in [6.45, 7) is 6.90. The summed E-state index contributed by atoms with van der Waals surface area (Å²) in [5.41, 5.74) is 1.29. The Balaban J connectivity index is 1.91. The van der Waals surface area contributed by atoms with Crippen molar-refractivity contribution in [2.24, 2.45) is 0 Å². The lowest BCUT2D eigenvalue weighted by molar-refractivity contribution is 0.169. The van der Waals surface area contributed by atoms with E-state index in [2.05, 4.69) is 43.4 Å². The molecule has 0 saturated heterocycles. The van der Waals surface area contributed by atoms with Gasteiger partial charge in [-0.3, -0.25) is 0 Å². The number of nitrogens with one attached hydrogen (secondary N) is 1. The van der Waals surface area contributed by atoms with Gasteiger partial charge in [0.1, 0.15) is 0 Å². The molecule has 0 heterocycles. The molecule has 2 N–H and O–H groups in total. The summed E-state index contributed by atoms with van der Waals surface area (Å²) in [5.74, 6) is 0. The fourth-order valence-corrected chi connectivity index (χ4v) is 3.06. The molecule has 0 radical (unpaired) electrons. The van der Waals surface area contributed by atoms with Gasteiger partial charge in [-0.15, -0.1) is 0 Å². The summed E-state index contributed by atoms with van der Waals surface area (Å²) >= 11 is 0. The van der Waals surface area contributed by atoms with Crippen LogP contribution in [0.2, 0.25) is 0 Å². The van der Waals surface area contributed by atoms with Crippen LogP contribution in [0.3, 0.4) is 0 Å². The van der Waals surface area contributed by atoms with Crippen molar-refractivity contribution in [2.75, 3.05) is 13.2 Å². The SMILES string of the molecule is CC(CC(C)(C)c1ccccc1)NC(=O)N(CCO)C1CC1. The number of benzene rings is 1. The molecule has 1 aromatic carbocycles. The minimum Gasteiger partial charge on any atom is -0.395 e. The van der Waals surface area contributed by atoms with Crippen molar-refractivity contribution in [3.63, 3.8) is 0 Å². The van der Waals surface area contributed by atoms with Crippen molar-refractivity contribution in [3.8, 4) is 0 Å². The molecule has 1 aliphatic carbocycles. The molecule has 0 spiro atoms. The number of aliphatic hydroxyl groups is 1. The van der Waals surface area contributed by atoms with Gasteiger partial charge in [0, 0.05) is 18.6 Å². The molecular formula is C18H28N2O2. The number of rotatable bonds is 7. The Labute approximate surface area is 133 Å². The molecule has 0 aliphatic heterocycles. The number of carbonyl (C=O) groups excluding carboxylic acids is 1. The van der Waals surface area contributed by atoms with Gasteiger partial charge in [0.05, 0.1) is 6.61 Å². The summed E-state index contributed by atoms with van der Waals surface area (Å²) in [6.07, 6.45) is 2.98. The summed E-state index contributed by atoms with van der Waals surface area (Å²) in [6, 6.07) is 10.8. The molecule has 22 heavy (non-hydrogen) atoms. The quantitative estimate of drug-likeness (QED) is 0.814. The maximum atomic E-state index is 12.4. The largest absolute Gasteiger partial charge is 0.395 e. The van der Waals surface area contributed by atoms with E-state index >= 15 is 0 Å². The number of hydrogen-bond acceptors (Lipinski definition) is 2. The Kier molecular flexibility index (Phi) is 5.46. The molecule has 1 unspecified atom stereocenters. The van der Waals surface area contributed by atoms with Gasteiger partial charge in [0.15, 0.2) is 0 Å². The highest BCUT2D eigenvalue weighted by molar-refractivity contribution is 5.75. The summed E-state index contributed by atoms with van der Waals surface area (Å²) < 4.78 is 0. The van der Waals surface area contributed by atoms with E-state index in [1.54, 1.807) is 4.90 Å². The molecule has 4 nitrogen and oxygen atoms in total. The molecule has 1 fully saturated rings. The van der Waals surface area contributed by atoms with Crippen molar-refractivity contribution in [1.82, 2.24) is 10.2 Å². The second kappa shape index (κ2) is 7.14. The summed E-state index contributed by atoms with van der Waals surface area (Å²) in [7, 11) is 0. The van der Waals surface area contributed by atoms with E-state index in [-0.39, 0.29) is 24.1 Å². The number of hydrogen-bond donors (Lipinski definition) is 2. The molecule has 122 valence electrons. The highest BCUT2D eigenvalue weighted by Gasteiger charge is 2.33. The van der Waals surface area contributed by atoms with Crippen molar-refractivity contribution in [3.05, 3.63) is 35.9 Å². The third kappa shape index (κ3) is 4.47. The van der Waals surface area contributed by atoms with Gasteiger partial charge in [-0.05, 0) is 37.2 Å². The fourth-order valence-electron chi connectivity index (χ4n) is 3.06. The first-order valence-corrected chi connectivity index (χ1v) is 8.17. The molecule has 2 rings (SSSR count). The van der Waals surface area contributed by atoms with E-state index in [0.29, 0.717) is 12.6 Å². The Hall–Kier alpha value is -1.55. The van der Waals surface area contributed by atoms with Crippen LogP contribution < -0.4 is 5.32 Å². The number of amides is 2. The Bertz CT molecular complexity index is 483. The van der Waals surface area contributed by atoms with Crippen LogP contribution >= 0.6 is 0 Å². The molecule has 2 amide bonds. The van der Waals surface area contributed by atoms with Gasteiger partial charge in [0.25, 0.3) is 0 Å². The average molecular weight is 304 g/mol. The fraction of sp³-hybridized carbons (Fsp3) is 0.611. The van der Waals surface area contributed by atoms with E-state index in [4.69, 9.17) is 5.11 Å². The Morgan fingerprint density at radius 3 is 2.55 bits per heavy atom. The molecule has 1 atom stereocenters. The maximum absolute atomic E-state index is 12.4. The van der Waals surface area contributed by atoms with E-state index in [1.807, 2.05) is 13.0 Å². The zero-order valence-corrected chi connectivity index (χ0v) is 13.9. The lowest BCUT2D eigenvalue weighted by Gasteiger charge is -2.31. The monoisotopic (exact) mass is 304 g/mol. The van der Waals surface area contributed by atoms with Crippen LogP contribution in [0.15, 0.2) is 30.3 Å². The summed E-state index contributed by atoms with van der Waals surface area (Å²) in [4.78, 5) is 14.1.